The lowest BCUT2D eigenvalue weighted by Gasteiger charge is -2.29. The number of azo groups is 1. The summed E-state index contributed by atoms with van der Waals surface area (Å²) in [6.07, 6.45) is 4.20. The third-order valence-electron chi connectivity index (χ3n) is 4.53. The predicted octanol–water partition coefficient (Wildman–Crippen LogP) is 5.20. The number of benzene rings is 2. The number of nitrogens with zero attached hydrogens (tertiary/aromatic N) is 4. The minimum absolute atomic E-state index is 0.681. The maximum Gasteiger partial charge on any atom is 0.408 e. The molecule has 2 aromatic carbocycles. The number of thiazole rings is 1. The third kappa shape index (κ3) is 4.23. The smallest absolute Gasteiger partial charge is 0.274 e. The van der Waals surface area contributed by atoms with Crippen molar-refractivity contribution in [3.63, 3.8) is 0 Å². The Morgan fingerprint density at radius 2 is 2.04 bits per heavy atom. The van der Waals surface area contributed by atoms with E-state index in [0.29, 0.717) is 6.61 Å². The molecule has 2 heterocycles. The highest BCUT2D eigenvalue weighted by molar-refractivity contribution is 7.12. The molecule has 27 heavy (non-hydrogen) atoms. The zero-order valence-corrected chi connectivity index (χ0v) is 16.2. The van der Waals surface area contributed by atoms with Gasteiger partial charge >= 0.3 is 5.13 Å². The molecule has 0 N–H and O–H groups in total. The zero-order valence-electron chi connectivity index (χ0n) is 15.4. The van der Waals surface area contributed by atoms with Crippen LogP contribution in [0.15, 0.2) is 70.3 Å². The van der Waals surface area contributed by atoms with Gasteiger partial charge in [0.2, 0.25) is 0 Å². The fraction of sp³-hybridized carbons (Fsp3) is 0.286. The Hall–Kier alpha value is -2.57. The van der Waals surface area contributed by atoms with Crippen LogP contribution in [0.1, 0.15) is 24.5 Å². The van der Waals surface area contributed by atoms with Crippen molar-refractivity contribution in [2.45, 2.75) is 26.3 Å². The largest absolute Gasteiger partial charge is 0.408 e. The van der Waals surface area contributed by atoms with Gasteiger partial charge in [-0.1, -0.05) is 30.3 Å². The van der Waals surface area contributed by atoms with Crippen LogP contribution < -0.4 is 9.63 Å². The van der Waals surface area contributed by atoms with Crippen LogP contribution in [0.25, 0.3) is 0 Å². The van der Waals surface area contributed by atoms with E-state index in [1.165, 1.54) is 11.1 Å². The maximum atomic E-state index is 5.72. The number of aryl methyl sites for hydroxylation is 1. The number of anilines is 1. The molecule has 0 saturated heterocycles. The molecule has 0 saturated carbocycles. The van der Waals surface area contributed by atoms with Gasteiger partial charge in [0.05, 0.1) is 17.4 Å². The molecule has 0 aliphatic carbocycles. The lowest BCUT2D eigenvalue weighted by molar-refractivity contribution is -0.671. The van der Waals surface area contributed by atoms with Crippen molar-refractivity contribution in [3.8, 4) is 0 Å². The minimum Gasteiger partial charge on any atom is -0.274 e. The van der Waals surface area contributed by atoms with Crippen LogP contribution in [0.2, 0.25) is 0 Å². The zero-order chi connectivity index (χ0) is 18.5. The highest BCUT2D eigenvalue weighted by atomic mass is 32.1. The van der Waals surface area contributed by atoms with Gasteiger partial charge in [0.25, 0.3) is 0 Å². The molecular weight excluding hydrogens is 356 g/mol. The SMILES string of the molecule is CCON1CCCc2cc(N=Nc3scc[n+]3Cc3ccccc3)ccc21. The second-order valence-electron chi connectivity index (χ2n) is 6.44. The Balaban J connectivity index is 1.52. The maximum absolute atomic E-state index is 5.72. The van der Waals surface area contributed by atoms with E-state index in [4.69, 9.17) is 4.84 Å². The molecule has 0 bridgehead atoms. The first-order valence-electron chi connectivity index (χ1n) is 9.29. The molecule has 0 fully saturated rings. The van der Waals surface area contributed by atoms with Crippen LogP contribution in [-0.2, 0) is 17.8 Å². The normalized spacial score (nSPS) is 13.9. The Labute approximate surface area is 163 Å². The summed E-state index contributed by atoms with van der Waals surface area (Å²) < 4.78 is 2.12. The van der Waals surface area contributed by atoms with E-state index < -0.39 is 0 Å². The monoisotopic (exact) mass is 379 g/mol. The average molecular weight is 380 g/mol. The fourth-order valence-corrected chi connectivity index (χ4v) is 3.96. The van der Waals surface area contributed by atoms with Crippen LogP contribution in [0.5, 0.6) is 0 Å². The molecule has 5 nitrogen and oxygen atoms in total. The van der Waals surface area contributed by atoms with Crippen LogP contribution in [0, 0.1) is 0 Å². The van der Waals surface area contributed by atoms with E-state index in [2.05, 4.69) is 57.4 Å². The van der Waals surface area contributed by atoms with Gasteiger partial charge in [0.15, 0.2) is 0 Å². The van der Waals surface area contributed by atoms with Gasteiger partial charge in [-0.25, -0.2) is 4.57 Å². The van der Waals surface area contributed by atoms with Crippen molar-refractivity contribution in [1.29, 1.82) is 0 Å². The third-order valence-corrected chi connectivity index (χ3v) is 5.32. The van der Waals surface area contributed by atoms with Crippen molar-refractivity contribution in [2.75, 3.05) is 18.2 Å². The Morgan fingerprint density at radius 3 is 2.89 bits per heavy atom. The molecule has 4 rings (SSSR count). The molecule has 0 spiro atoms. The summed E-state index contributed by atoms with van der Waals surface area (Å²) in [5.41, 5.74) is 4.56. The molecule has 1 aromatic heterocycles. The highest BCUT2D eigenvalue weighted by Crippen LogP contribution is 2.31. The van der Waals surface area contributed by atoms with Gasteiger partial charge in [-0.2, -0.15) is 0 Å². The van der Waals surface area contributed by atoms with Gasteiger partial charge in [-0.15, -0.1) is 0 Å². The summed E-state index contributed by atoms with van der Waals surface area (Å²) in [7, 11) is 0. The van der Waals surface area contributed by atoms with E-state index in [0.717, 1.165) is 42.4 Å². The predicted molar refractivity (Wildman–Crippen MR) is 108 cm³/mol. The van der Waals surface area contributed by atoms with Crippen molar-refractivity contribution in [3.05, 3.63) is 71.2 Å². The summed E-state index contributed by atoms with van der Waals surface area (Å²) in [4.78, 5) is 5.72. The lowest BCUT2D eigenvalue weighted by atomic mass is 10.0. The van der Waals surface area contributed by atoms with E-state index in [1.807, 2.05) is 29.5 Å². The highest BCUT2D eigenvalue weighted by Gasteiger charge is 2.18. The van der Waals surface area contributed by atoms with Gasteiger partial charge < -0.3 is 0 Å². The van der Waals surface area contributed by atoms with Crippen LogP contribution >= 0.6 is 11.3 Å². The molecule has 0 radical (unpaired) electrons. The first kappa shape index (κ1) is 17.8. The standard InChI is InChI=1S/C21H23N4OS/c1-2-26-25-12-6-9-18-15-19(10-11-20(18)25)22-23-21-24(13-14-27-21)16-17-7-4-3-5-8-17/h3-5,7-8,10-11,13-15H,2,6,9,12,16H2,1H3/q+1. The number of fused-ring (bicyclic) bond motifs is 1. The Bertz CT molecular complexity index is 923. The summed E-state index contributed by atoms with van der Waals surface area (Å²) in [6.45, 7) is 4.44. The summed E-state index contributed by atoms with van der Waals surface area (Å²) >= 11 is 1.60. The topological polar surface area (TPSA) is 41.1 Å². The van der Waals surface area contributed by atoms with E-state index in [1.54, 1.807) is 11.3 Å². The number of aromatic nitrogens is 1. The van der Waals surface area contributed by atoms with Crippen molar-refractivity contribution < 1.29 is 9.40 Å². The number of hydroxylamine groups is 1. The molecule has 3 aromatic rings. The quantitative estimate of drug-likeness (QED) is 0.436. The van der Waals surface area contributed by atoms with E-state index in [9.17, 15) is 0 Å². The van der Waals surface area contributed by atoms with Gasteiger partial charge in [-0.05, 0) is 65.5 Å². The molecular formula is C21H23N4OS+. The van der Waals surface area contributed by atoms with Gasteiger partial charge in [0.1, 0.15) is 18.4 Å². The van der Waals surface area contributed by atoms with Gasteiger partial charge in [0, 0.05) is 11.9 Å². The molecule has 1 aliphatic heterocycles. The number of hydrogen-bond acceptors (Lipinski definition) is 5. The van der Waals surface area contributed by atoms with E-state index in [-0.39, 0.29) is 0 Å². The number of hydrogen-bond donors (Lipinski definition) is 0. The lowest BCUT2D eigenvalue weighted by Crippen LogP contribution is -2.31. The molecule has 0 amide bonds. The van der Waals surface area contributed by atoms with Crippen LogP contribution in [0.3, 0.4) is 0 Å². The molecule has 138 valence electrons. The first-order chi connectivity index (χ1) is 13.3. The minimum atomic E-state index is 0.681. The van der Waals surface area contributed by atoms with Crippen LogP contribution in [-0.4, -0.2) is 13.2 Å². The average Bonchev–Trinajstić information content (AvgIpc) is 3.14. The Morgan fingerprint density at radius 1 is 1.15 bits per heavy atom. The molecule has 0 unspecified atom stereocenters. The van der Waals surface area contributed by atoms with E-state index >= 15 is 0 Å². The van der Waals surface area contributed by atoms with Crippen LogP contribution in [0.4, 0.5) is 16.5 Å². The van der Waals surface area contributed by atoms with Crippen molar-refractivity contribution in [2.24, 2.45) is 10.2 Å². The Kier molecular flexibility index (Phi) is 5.55. The number of rotatable bonds is 6. The second-order valence-corrected chi connectivity index (χ2v) is 7.31. The fourth-order valence-electron chi connectivity index (χ4n) is 3.28. The molecule has 0 atom stereocenters. The summed E-state index contributed by atoms with van der Waals surface area (Å²) in [5, 5.41) is 13.9. The summed E-state index contributed by atoms with van der Waals surface area (Å²) in [5.74, 6) is 0. The first-order valence-corrected chi connectivity index (χ1v) is 10.2. The van der Waals surface area contributed by atoms with Crippen molar-refractivity contribution >= 4 is 27.8 Å². The van der Waals surface area contributed by atoms with Gasteiger partial charge in [-0.3, -0.25) is 9.90 Å². The van der Waals surface area contributed by atoms with Crippen molar-refractivity contribution in [1.82, 2.24) is 0 Å². The molecule has 1 aliphatic rings. The summed E-state index contributed by atoms with van der Waals surface area (Å²) in [6, 6.07) is 16.6. The molecule has 6 heteroatoms. The second kappa shape index (κ2) is 8.41.